The fourth-order valence-corrected chi connectivity index (χ4v) is 3.38. The number of pyridine rings is 1. The zero-order valence-electron chi connectivity index (χ0n) is 20.9. The van der Waals surface area contributed by atoms with Crippen LogP contribution in [0, 0.1) is 11.8 Å². The Bertz CT molecular complexity index is 801. The van der Waals surface area contributed by atoms with Gasteiger partial charge in [0.25, 0.3) is 5.91 Å². The molecule has 2 rings (SSSR count). The number of nitrogens with zero attached hydrogens (tertiary/aromatic N) is 1. The first-order valence-corrected chi connectivity index (χ1v) is 11.7. The predicted octanol–water partition coefficient (Wildman–Crippen LogP) is 2.33. The number of carbonyl (C=O) groups excluding carboxylic acids is 2. The molecule has 1 aromatic rings. The largest absolute Gasteiger partial charge is 0.503 e. The number of aromatic nitrogens is 1. The summed E-state index contributed by atoms with van der Waals surface area (Å²) in [5.41, 5.74) is -0.251. The molecule has 1 aliphatic rings. The van der Waals surface area contributed by atoms with Crippen molar-refractivity contribution in [2.45, 2.75) is 65.4 Å². The molecule has 1 amide bonds. The number of ether oxygens (including phenoxy) is 5. The van der Waals surface area contributed by atoms with E-state index >= 15 is 0 Å². The van der Waals surface area contributed by atoms with Crippen molar-refractivity contribution in [3.05, 3.63) is 18.0 Å². The SMILES string of the molecule is COc1ccnc(C(=O)N[C@H]2CCOC[C@H](OCC(C)C)[C@@H](OCC(C)C)[C@H](C)OC2=O)c1O. The summed E-state index contributed by atoms with van der Waals surface area (Å²) in [6, 6.07) is 0.426. The minimum Gasteiger partial charge on any atom is -0.503 e. The van der Waals surface area contributed by atoms with Gasteiger partial charge in [-0.15, -0.1) is 0 Å². The van der Waals surface area contributed by atoms with Crippen LogP contribution in [0.5, 0.6) is 11.5 Å². The van der Waals surface area contributed by atoms with E-state index in [9.17, 15) is 14.7 Å². The Labute approximate surface area is 201 Å². The molecule has 0 saturated carbocycles. The molecule has 10 nitrogen and oxygen atoms in total. The number of rotatable bonds is 9. The van der Waals surface area contributed by atoms with Crippen molar-refractivity contribution in [3.8, 4) is 11.5 Å². The first-order chi connectivity index (χ1) is 16.1. The summed E-state index contributed by atoms with van der Waals surface area (Å²) < 4.78 is 28.7. The number of aromatic hydroxyl groups is 1. The summed E-state index contributed by atoms with van der Waals surface area (Å²) in [6.45, 7) is 11.3. The third-order valence-corrected chi connectivity index (χ3v) is 5.14. The van der Waals surface area contributed by atoms with Crippen LogP contribution < -0.4 is 10.1 Å². The normalized spacial score (nSPS) is 24.1. The summed E-state index contributed by atoms with van der Waals surface area (Å²) >= 11 is 0. The number of esters is 1. The average Bonchev–Trinajstić information content (AvgIpc) is 2.77. The molecule has 1 saturated heterocycles. The van der Waals surface area contributed by atoms with Gasteiger partial charge in [-0.2, -0.15) is 0 Å². The van der Waals surface area contributed by atoms with Crippen molar-refractivity contribution < 1.29 is 38.4 Å². The molecule has 4 atom stereocenters. The Balaban J connectivity index is 2.16. The molecule has 0 aliphatic carbocycles. The van der Waals surface area contributed by atoms with Crippen LogP contribution in [-0.2, 0) is 23.7 Å². The lowest BCUT2D eigenvalue weighted by atomic mass is 10.1. The lowest BCUT2D eigenvalue weighted by Gasteiger charge is -2.34. The van der Waals surface area contributed by atoms with Crippen LogP contribution in [0.4, 0.5) is 0 Å². The van der Waals surface area contributed by atoms with Crippen molar-refractivity contribution in [2.24, 2.45) is 11.8 Å². The first-order valence-electron chi connectivity index (χ1n) is 11.7. The Kier molecular flexibility index (Phi) is 11.0. The van der Waals surface area contributed by atoms with E-state index in [0.717, 1.165) is 0 Å². The van der Waals surface area contributed by atoms with Gasteiger partial charge in [-0.3, -0.25) is 4.79 Å². The summed E-state index contributed by atoms with van der Waals surface area (Å²) in [5.74, 6) is -1.07. The first kappa shape index (κ1) is 27.8. The summed E-state index contributed by atoms with van der Waals surface area (Å²) in [4.78, 5) is 29.6. The van der Waals surface area contributed by atoms with Crippen LogP contribution in [0.1, 0.15) is 51.5 Å². The number of amides is 1. The molecule has 1 aromatic heterocycles. The van der Waals surface area contributed by atoms with Crippen molar-refractivity contribution >= 4 is 11.9 Å². The Morgan fingerprint density at radius 1 is 1.24 bits per heavy atom. The van der Waals surface area contributed by atoms with Gasteiger partial charge in [0.15, 0.2) is 17.2 Å². The van der Waals surface area contributed by atoms with Crippen molar-refractivity contribution in [3.63, 3.8) is 0 Å². The standard InChI is InChI=1S/C24H38N2O8/c1-14(2)11-32-19-13-31-10-8-17(24(29)34-16(5)22(19)33-12-15(3)4)26-23(28)20-21(27)18(30-6)7-9-25-20/h7,9,14-17,19,22,27H,8,10-13H2,1-6H3,(H,26,28)/t16-,17-,19-,22-/m0/s1. The van der Waals surface area contributed by atoms with Crippen molar-refractivity contribution in [1.82, 2.24) is 10.3 Å². The quantitative estimate of drug-likeness (QED) is 0.510. The minimum absolute atomic E-state index is 0.100. The maximum Gasteiger partial charge on any atom is 0.329 e. The summed E-state index contributed by atoms with van der Waals surface area (Å²) in [6.07, 6.45) is -0.0844. The van der Waals surface area contributed by atoms with Crippen LogP contribution in [0.3, 0.4) is 0 Å². The number of methoxy groups -OCH3 is 1. The summed E-state index contributed by atoms with van der Waals surface area (Å²) in [7, 11) is 1.37. The lowest BCUT2D eigenvalue weighted by molar-refractivity contribution is -0.181. The number of cyclic esters (lactones) is 1. The molecule has 0 unspecified atom stereocenters. The molecular weight excluding hydrogens is 444 g/mol. The molecule has 0 aromatic carbocycles. The highest BCUT2D eigenvalue weighted by molar-refractivity contribution is 5.97. The van der Waals surface area contributed by atoms with E-state index in [4.69, 9.17) is 23.7 Å². The second-order valence-corrected chi connectivity index (χ2v) is 9.20. The predicted molar refractivity (Wildman–Crippen MR) is 124 cm³/mol. The second-order valence-electron chi connectivity index (χ2n) is 9.20. The monoisotopic (exact) mass is 482 g/mol. The molecule has 2 heterocycles. The highest BCUT2D eigenvalue weighted by Gasteiger charge is 2.35. The van der Waals surface area contributed by atoms with E-state index in [1.54, 1.807) is 6.92 Å². The van der Waals surface area contributed by atoms with E-state index in [1.807, 2.05) is 13.8 Å². The van der Waals surface area contributed by atoms with Crippen LogP contribution in [0.15, 0.2) is 12.3 Å². The van der Waals surface area contributed by atoms with Crippen LogP contribution in [0.25, 0.3) is 0 Å². The van der Waals surface area contributed by atoms with Gasteiger partial charge < -0.3 is 34.1 Å². The Hall–Kier alpha value is -2.43. The highest BCUT2D eigenvalue weighted by atomic mass is 16.6. The molecule has 0 bridgehead atoms. The smallest absolute Gasteiger partial charge is 0.329 e. The number of nitrogens with one attached hydrogen (secondary N) is 1. The third-order valence-electron chi connectivity index (χ3n) is 5.14. The van der Waals surface area contributed by atoms with Gasteiger partial charge in [0, 0.05) is 38.5 Å². The van der Waals surface area contributed by atoms with E-state index in [0.29, 0.717) is 19.1 Å². The molecule has 10 heteroatoms. The topological polar surface area (TPSA) is 125 Å². The second kappa shape index (κ2) is 13.5. The lowest BCUT2D eigenvalue weighted by Crippen LogP contribution is -2.50. The Morgan fingerprint density at radius 2 is 1.91 bits per heavy atom. The van der Waals surface area contributed by atoms with Crippen LogP contribution in [0.2, 0.25) is 0 Å². The molecule has 1 fully saturated rings. The highest BCUT2D eigenvalue weighted by Crippen LogP contribution is 2.27. The third kappa shape index (κ3) is 8.11. The molecule has 2 N–H and O–H groups in total. The van der Waals surface area contributed by atoms with E-state index in [1.165, 1.54) is 19.4 Å². The molecule has 34 heavy (non-hydrogen) atoms. The van der Waals surface area contributed by atoms with Crippen LogP contribution >= 0.6 is 0 Å². The van der Waals surface area contributed by atoms with E-state index < -0.39 is 42.0 Å². The zero-order chi connectivity index (χ0) is 25.3. The van der Waals surface area contributed by atoms with Gasteiger partial charge in [0.2, 0.25) is 0 Å². The van der Waals surface area contributed by atoms with Gasteiger partial charge in [-0.1, -0.05) is 27.7 Å². The molecule has 0 radical (unpaired) electrons. The van der Waals surface area contributed by atoms with Gasteiger partial charge >= 0.3 is 5.97 Å². The minimum atomic E-state index is -0.999. The van der Waals surface area contributed by atoms with Crippen LogP contribution in [-0.4, -0.2) is 79.9 Å². The fraction of sp³-hybridized carbons (Fsp3) is 0.708. The summed E-state index contributed by atoms with van der Waals surface area (Å²) in [5, 5.41) is 12.8. The number of carbonyl (C=O) groups is 2. The number of hydrogen-bond acceptors (Lipinski definition) is 9. The molecule has 1 aliphatic heterocycles. The van der Waals surface area contributed by atoms with Gasteiger partial charge in [-0.25, -0.2) is 9.78 Å². The zero-order valence-corrected chi connectivity index (χ0v) is 20.9. The van der Waals surface area contributed by atoms with Gasteiger partial charge in [-0.05, 0) is 18.8 Å². The maximum absolute atomic E-state index is 13.0. The Morgan fingerprint density at radius 3 is 2.56 bits per heavy atom. The van der Waals surface area contributed by atoms with Crippen molar-refractivity contribution in [2.75, 3.05) is 33.5 Å². The molecule has 0 spiro atoms. The fourth-order valence-electron chi connectivity index (χ4n) is 3.38. The van der Waals surface area contributed by atoms with Gasteiger partial charge in [0.05, 0.1) is 13.7 Å². The van der Waals surface area contributed by atoms with E-state index in [-0.39, 0.29) is 37.0 Å². The average molecular weight is 483 g/mol. The maximum atomic E-state index is 13.0. The molecular formula is C24H38N2O8. The molecule has 192 valence electrons. The van der Waals surface area contributed by atoms with E-state index in [2.05, 4.69) is 24.1 Å². The number of hydrogen-bond donors (Lipinski definition) is 2. The van der Waals surface area contributed by atoms with Crippen molar-refractivity contribution in [1.29, 1.82) is 0 Å². The van der Waals surface area contributed by atoms with Gasteiger partial charge in [0.1, 0.15) is 24.4 Å².